The van der Waals surface area contributed by atoms with Gasteiger partial charge in [-0.2, -0.15) is 0 Å². The van der Waals surface area contributed by atoms with Crippen molar-refractivity contribution in [3.05, 3.63) is 53.9 Å². The summed E-state index contributed by atoms with van der Waals surface area (Å²) in [4.78, 5) is 31.9. The fourth-order valence-corrected chi connectivity index (χ4v) is 5.89. The fraction of sp³-hybridized carbons (Fsp3) is 0.414. The molecule has 0 unspecified atom stereocenters. The third-order valence-corrected chi connectivity index (χ3v) is 8.10. The topological polar surface area (TPSA) is 68.7 Å². The van der Waals surface area contributed by atoms with Crippen LogP contribution in [0.3, 0.4) is 0 Å². The summed E-state index contributed by atoms with van der Waals surface area (Å²) in [6.07, 6.45) is 3.79. The van der Waals surface area contributed by atoms with E-state index in [0.717, 1.165) is 47.5 Å². The van der Waals surface area contributed by atoms with Crippen molar-refractivity contribution in [3.8, 4) is 27.6 Å². The number of carbonyl (C=O) groups is 2. The van der Waals surface area contributed by atoms with Crippen molar-refractivity contribution in [2.45, 2.75) is 52.6 Å². The van der Waals surface area contributed by atoms with E-state index in [9.17, 15) is 9.59 Å². The highest BCUT2D eigenvalue weighted by molar-refractivity contribution is 7.13. The lowest BCUT2D eigenvalue weighted by Gasteiger charge is -2.37. The first-order valence-electron chi connectivity index (χ1n) is 12.6. The molecule has 6 nitrogen and oxygen atoms in total. The number of rotatable bonds is 5. The molecular formula is C29H32N2O4S. The molecule has 2 aliphatic rings. The van der Waals surface area contributed by atoms with Crippen LogP contribution in [0.15, 0.2) is 53.9 Å². The zero-order valence-corrected chi connectivity index (χ0v) is 21.8. The SMILES string of the molecule is CC(C)(C)C1CCC(OC(=O)CN2C(=O)COc3ccc(-c4csc(-c5ccccc5)n4)cc32)CC1. The Morgan fingerprint density at radius 2 is 1.83 bits per heavy atom. The molecule has 1 aliphatic heterocycles. The molecule has 1 aliphatic carbocycles. The van der Waals surface area contributed by atoms with E-state index in [1.165, 1.54) is 4.90 Å². The Kier molecular flexibility index (Phi) is 6.84. The van der Waals surface area contributed by atoms with Gasteiger partial charge in [0.15, 0.2) is 6.61 Å². The Labute approximate surface area is 216 Å². The summed E-state index contributed by atoms with van der Waals surface area (Å²) in [6.45, 7) is 6.60. The minimum atomic E-state index is -0.374. The number of benzene rings is 2. The first-order chi connectivity index (χ1) is 17.3. The smallest absolute Gasteiger partial charge is 0.326 e. The van der Waals surface area contributed by atoms with Gasteiger partial charge >= 0.3 is 5.97 Å². The first kappa shape index (κ1) is 24.5. The fourth-order valence-electron chi connectivity index (χ4n) is 5.05. The number of hydrogen-bond donors (Lipinski definition) is 0. The lowest BCUT2D eigenvalue weighted by molar-refractivity contribution is -0.150. The van der Waals surface area contributed by atoms with Crippen LogP contribution in [0.1, 0.15) is 46.5 Å². The lowest BCUT2D eigenvalue weighted by atomic mass is 9.72. The Hall–Kier alpha value is -3.19. The summed E-state index contributed by atoms with van der Waals surface area (Å²) in [5, 5.41) is 2.93. The van der Waals surface area contributed by atoms with Gasteiger partial charge in [0, 0.05) is 16.5 Å². The van der Waals surface area contributed by atoms with Crippen molar-refractivity contribution in [2.24, 2.45) is 11.3 Å². The Bertz CT molecular complexity index is 1240. The molecule has 1 fully saturated rings. The second-order valence-corrected chi connectivity index (χ2v) is 11.5. The molecule has 2 aromatic carbocycles. The molecule has 36 heavy (non-hydrogen) atoms. The van der Waals surface area contributed by atoms with Crippen molar-refractivity contribution < 1.29 is 19.1 Å². The molecule has 1 amide bonds. The van der Waals surface area contributed by atoms with Gasteiger partial charge in [-0.05, 0) is 55.2 Å². The lowest BCUT2D eigenvalue weighted by Crippen LogP contribution is -2.43. The largest absolute Gasteiger partial charge is 0.482 e. The van der Waals surface area contributed by atoms with Gasteiger partial charge in [0.2, 0.25) is 0 Å². The van der Waals surface area contributed by atoms with E-state index in [0.29, 0.717) is 17.4 Å². The molecule has 0 bridgehead atoms. The van der Waals surface area contributed by atoms with Gasteiger partial charge in [-0.15, -0.1) is 11.3 Å². The highest BCUT2D eigenvalue weighted by atomic mass is 32.1. The first-order valence-corrected chi connectivity index (χ1v) is 13.4. The van der Waals surface area contributed by atoms with Crippen LogP contribution in [0.4, 0.5) is 5.69 Å². The van der Waals surface area contributed by atoms with E-state index in [4.69, 9.17) is 14.5 Å². The molecule has 5 rings (SSSR count). The zero-order chi connectivity index (χ0) is 25.3. The van der Waals surface area contributed by atoms with Gasteiger partial charge < -0.3 is 9.47 Å². The van der Waals surface area contributed by atoms with Gasteiger partial charge in [-0.3, -0.25) is 14.5 Å². The minimum Gasteiger partial charge on any atom is -0.482 e. The summed E-state index contributed by atoms with van der Waals surface area (Å²) in [5.41, 5.74) is 3.59. The van der Waals surface area contributed by atoms with Crippen molar-refractivity contribution >= 4 is 28.9 Å². The highest BCUT2D eigenvalue weighted by Crippen LogP contribution is 2.39. The minimum absolute atomic E-state index is 0.0792. The van der Waals surface area contributed by atoms with Crippen LogP contribution in [0.25, 0.3) is 21.8 Å². The molecule has 2 heterocycles. The number of amides is 1. The van der Waals surface area contributed by atoms with Gasteiger partial charge in [0.05, 0.1) is 11.4 Å². The van der Waals surface area contributed by atoms with Gasteiger partial charge in [-0.25, -0.2) is 4.98 Å². The quantitative estimate of drug-likeness (QED) is 0.379. The summed E-state index contributed by atoms with van der Waals surface area (Å²) in [7, 11) is 0. The van der Waals surface area contributed by atoms with E-state index in [1.54, 1.807) is 11.3 Å². The molecule has 3 aromatic rings. The Morgan fingerprint density at radius 3 is 2.56 bits per heavy atom. The maximum Gasteiger partial charge on any atom is 0.326 e. The van der Waals surface area contributed by atoms with Crippen LogP contribution in [0.5, 0.6) is 5.75 Å². The molecule has 0 radical (unpaired) electrons. The molecule has 0 spiro atoms. The van der Waals surface area contributed by atoms with Gasteiger partial charge in [0.1, 0.15) is 23.4 Å². The third kappa shape index (κ3) is 5.31. The van der Waals surface area contributed by atoms with Crippen LogP contribution in [-0.4, -0.2) is 36.1 Å². The predicted molar refractivity (Wildman–Crippen MR) is 142 cm³/mol. The molecule has 0 saturated heterocycles. The number of hydrogen-bond acceptors (Lipinski definition) is 6. The number of carbonyl (C=O) groups excluding carboxylic acids is 2. The number of thiazole rings is 1. The molecular weight excluding hydrogens is 472 g/mol. The van der Waals surface area contributed by atoms with Crippen molar-refractivity contribution in [3.63, 3.8) is 0 Å². The van der Waals surface area contributed by atoms with Crippen LogP contribution in [-0.2, 0) is 14.3 Å². The van der Waals surface area contributed by atoms with Crippen LogP contribution in [0, 0.1) is 11.3 Å². The molecule has 0 atom stereocenters. The highest BCUT2D eigenvalue weighted by Gasteiger charge is 2.33. The second kappa shape index (κ2) is 10.1. The maximum absolute atomic E-state index is 12.9. The number of ether oxygens (including phenoxy) is 2. The molecule has 1 aromatic heterocycles. The zero-order valence-electron chi connectivity index (χ0n) is 21.0. The maximum atomic E-state index is 12.9. The Morgan fingerprint density at radius 1 is 1.08 bits per heavy atom. The number of aromatic nitrogens is 1. The monoisotopic (exact) mass is 504 g/mol. The standard InChI is InChI=1S/C29H32N2O4S/c1-29(2,3)21-10-12-22(13-11-21)35-27(33)16-31-24-15-20(9-14-25(24)34-17-26(31)32)23-18-36-28(30-23)19-7-5-4-6-8-19/h4-9,14-15,18,21-22H,10-13,16-17H2,1-3H3. The van der Waals surface area contributed by atoms with Crippen LogP contribution >= 0.6 is 11.3 Å². The predicted octanol–water partition coefficient (Wildman–Crippen LogP) is 6.35. The second-order valence-electron chi connectivity index (χ2n) is 10.7. The number of esters is 1. The molecule has 0 N–H and O–H groups in total. The van der Waals surface area contributed by atoms with E-state index in [-0.39, 0.29) is 36.5 Å². The van der Waals surface area contributed by atoms with Gasteiger partial charge in [0.25, 0.3) is 5.91 Å². The summed E-state index contributed by atoms with van der Waals surface area (Å²) in [6, 6.07) is 15.7. The van der Waals surface area contributed by atoms with Gasteiger partial charge in [-0.1, -0.05) is 51.1 Å². The molecule has 7 heteroatoms. The van der Waals surface area contributed by atoms with E-state index < -0.39 is 0 Å². The van der Waals surface area contributed by atoms with Crippen molar-refractivity contribution in [1.82, 2.24) is 4.98 Å². The van der Waals surface area contributed by atoms with E-state index >= 15 is 0 Å². The molecule has 188 valence electrons. The number of nitrogens with zero attached hydrogens (tertiary/aromatic N) is 2. The average molecular weight is 505 g/mol. The summed E-state index contributed by atoms with van der Waals surface area (Å²) in [5.74, 6) is 0.596. The number of anilines is 1. The molecule has 1 saturated carbocycles. The average Bonchev–Trinajstić information content (AvgIpc) is 3.36. The van der Waals surface area contributed by atoms with Crippen molar-refractivity contribution in [2.75, 3.05) is 18.1 Å². The normalized spacial score (nSPS) is 20.0. The van der Waals surface area contributed by atoms with Crippen LogP contribution in [0.2, 0.25) is 0 Å². The van der Waals surface area contributed by atoms with Crippen molar-refractivity contribution in [1.29, 1.82) is 0 Å². The third-order valence-electron chi connectivity index (χ3n) is 7.21. The van der Waals surface area contributed by atoms with Crippen LogP contribution < -0.4 is 9.64 Å². The summed E-state index contributed by atoms with van der Waals surface area (Å²) < 4.78 is 11.4. The number of fused-ring (bicyclic) bond motifs is 1. The Balaban J connectivity index is 1.29. The van der Waals surface area contributed by atoms with E-state index in [1.807, 2.05) is 53.9 Å². The summed E-state index contributed by atoms with van der Waals surface area (Å²) >= 11 is 1.57. The van der Waals surface area contributed by atoms with E-state index in [2.05, 4.69) is 20.8 Å².